The highest BCUT2D eigenvalue weighted by Crippen LogP contribution is 2.43. The van der Waals surface area contributed by atoms with E-state index in [0.717, 1.165) is 38.5 Å². The van der Waals surface area contributed by atoms with Gasteiger partial charge in [-0.2, -0.15) is 5.10 Å². The Kier molecular flexibility index (Phi) is 3.96. The summed E-state index contributed by atoms with van der Waals surface area (Å²) in [6.07, 6.45) is 6.99. The van der Waals surface area contributed by atoms with E-state index in [0.29, 0.717) is 5.69 Å². The summed E-state index contributed by atoms with van der Waals surface area (Å²) >= 11 is 0. The second-order valence-electron chi connectivity index (χ2n) is 5.84. The molecule has 1 aromatic rings. The molecule has 116 valence electrons. The number of hydrogen-bond acceptors (Lipinski definition) is 4. The fourth-order valence-electron chi connectivity index (χ4n) is 2.90. The summed E-state index contributed by atoms with van der Waals surface area (Å²) in [5, 5.41) is 9.47. The third-order valence-corrected chi connectivity index (χ3v) is 5.50. The highest BCUT2D eigenvalue weighted by atomic mass is 35.7. The quantitative estimate of drug-likeness (QED) is 0.828. The van der Waals surface area contributed by atoms with Crippen molar-refractivity contribution in [3.8, 4) is 0 Å². The molecular formula is C13H18ClN3O3S. The van der Waals surface area contributed by atoms with Crippen LogP contribution in [0.3, 0.4) is 0 Å². The van der Waals surface area contributed by atoms with E-state index in [1.54, 1.807) is 0 Å². The summed E-state index contributed by atoms with van der Waals surface area (Å²) in [7, 11) is 1.51. The van der Waals surface area contributed by atoms with E-state index in [9.17, 15) is 13.2 Å². The second-order valence-corrected chi connectivity index (χ2v) is 8.34. The van der Waals surface area contributed by atoms with Crippen molar-refractivity contribution in [3.05, 3.63) is 11.4 Å². The van der Waals surface area contributed by atoms with Gasteiger partial charge in [-0.25, -0.2) is 8.42 Å². The largest absolute Gasteiger partial charge is 0.348 e. The van der Waals surface area contributed by atoms with E-state index < -0.39 is 15.0 Å². The molecule has 0 radical (unpaired) electrons. The number of rotatable bonds is 4. The van der Waals surface area contributed by atoms with Gasteiger partial charge < -0.3 is 5.32 Å². The zero-order valence-electron chi connectivity index (χ0n) is 11.6. The van der Waals surface area contributed by atoms with E-state index in [2.05, 4.69) is 15.5 Å². The van der Waals surface area contributed by atoms with Crippen LogP contribution in [0.4, 0.5) is 0 Å². The average molecular weight is 332 g/mol. The zero-order valence-corrected chi connectivity index (χ0v) is 13.1. The SMILES string of the molecule is O=C(NC1CCCCC1)c1n[nH]c(C2CC2)c1S(=O)(=O)Cl. The van der Waals surface area contributed by atoms with Gasteiger partial charge in [0.1, 0.15) is 4.90 Å². The van der Waals surface area contributed by atoms with Crippen molar-refractivity contribution in [2.45, 2.75) is 61.8 Å². The summed E-state index contributed by atoms with van der Waals surface area (Å²) in [4.78, 5) is 12.2. The Hall–Kier alpha value is -1.08. The van der Waals surface area contributed by atoms with Gasteiger partial charge in [0, 0.05) is 22.6 Å². The minimum Gasteiger partial charge on any atom is -0.348 e. The normalized spacial score (nSPS) is 20.4. The molecule has 0 saturated heterocycles. The molecule has 2 fully saturated rings. The van der Waals surface area contributed by atoms with Crippen molar-refractivity contribution in [2.75, 3.05) is 0 Å². The third kappa shape index (κ3) is 3.23. The van der Waals surface area contributed by atoms with Gasteiger partial charge in [-0.15, -0.1) is 0 Å². The summed E-state index contributed by atoms with van der Waals surface area (Å²) in [5.74, 6) is -0.332. The summed E-state index contributed by atoms with van der Waals surface area (Å²) in [6, 6.07) is 0.0956. The van der Waals surface area contributed by atoms with Crippen LogP contribution in [-0.4, -0.2) is 30.6 Å². The first kappa shape index (κ1) is 14.8. The number of aromatic nitrogens is 2. The van der Waals surface area contributed by atoms with Gasteiger partial charge in [-0.1, -0.05) is 19.3 Å². The summed E-state index contributed by atoms with van der Waals surface area (Å²) in [6.45, 7) is 0. The van der Waals surface area contributed by atoms with Gasteiger partial charge in [0.25, 0.3) is 15.0 Å². The number of H-pyrrole nitrogens is 1. The lowest BCUT2D eigenvalue weighted by atomic mass is 9.95. The van der Waals surface area contributed by atoms with Gasteiger partial charge in [-0.3, -0.25) is 9.89 Å². The first-order valence-corrected chi connectivity index (χ1v) is 9.61. The molecule has 2 saturated carbocycles. The van der Waals surface area contributed by atoms with E-state index in [4.69, 9.17) is 10.7 Å². The van der Waals surface area contributed by atoms with Gasteiger partial charge in [0.15, 0.2) is 5.69 Å². The zero-order chi connectivity index (χ0) is 15.0. The molecule has 2 aliphatic rings. The number of carbonyl (C=O) groups is 1. The number of carbonyl (C=O) groups excluding carboxylic acids is 1. The van der Waals surface area contributed by atoms with Crippen molar-refractivity contribution in [1.29, 1.82) is 0 Å². The van der Waals surface area contributed by atoms with E-state index in [1.807, 2.05) is 0 Å². The molecule has 0 spiro atoms. The van der Waals surface area contributed by atoms with E-state index in [-0.39, 0.29) is 22.5 Å². The molecule has 0 aromatic carbocycles. The van der Waals surface area contributed by atoms with Crippen LogP contribution < -0.4 is 5.32 Å². The Balaban J connectivity index is 1.85. The predicted octanol–water partition coefficient (Wildman–Crippen LogP) is 2.28. The van der Waals surface area contributed by atoms with Crippen molar-refractivity contribution >= 4 is 25.6 Å². The van der Waals surface area contributed by atoms with Crippen LogP contribution in [0.1, 0.15) is 67.0 Å². The maximum absolute atomic E-state index is 12.3. The smallest absolute Gasteiger partial charge is 0.273 e. The Labute approximate surface area is 128 Å². The highest BCUT2D eigenvalue weighted by molar-refractivity contribution is 8.13. The lowest BCUT2D eigenvalue weighted by Crippen LogP contribution is -2.36. The maximum atomic E-state index is 12.3. The predicted molar refractivity (Wildman–Crippen MR) is 77.9 cm³/mol. The van der Waals surface area contributed by atoms with Crippen molar-refractivity contribution < 1.29 is 13.2 Å². The van der Waals surface area contributed by atoms with Crippen molar-refractivity contribution in [3.63, 3.8) is 0 Å². The van der Waals surface area contributed by atoms with Crippen molar-refractivity contribution in [2.24, 2.45) is 0 Å². The molecule has 0 atom stereocenters. The van der Waals surface area contributed by atoms with Crippen LogP contribution in [0.5, 0.6) is 0 Å². The topological polar surface area (TPSA) is 91.9 Å². The van der Waals surface area contributed by atoms with Gasteiger partial charge in [-0.05, 0) is 25.7 Å². The van der Waals surface area contributed by atoms with Crippen LogP contribution in [-0.2, 0) is 9.05 Å². The standard InChI is InChI=1S/C13H18ClN3O3S/c14-21(19,20)12-10(8-6-7-8)16-17-11(12)13(18)15-9-4-2-1-3-5-9/h8-9H,1-7H2,(H,15,18)(H,16,17). The third-order valence-electron chi connectivity index (χ3n) is 4.13. The van der Waals surface area contributed by atoms with Crippen LogP contribution in [0.25, 0.3) is 0 Å². The number of halogens is 1. The molecule has 0 aliphatic heterocycles. The fourth-order valence-corrected chi connectivity index (χ4v) is 4.21. The average Bonchev–Trinajstić information content (AvgIpc) is 3.16. The number of nitrogens with zero attached hydrogens (tertiary/aromatic N) is 1. The van der Waals surface area contributed by atoms with Crippen molar-refractivity contribution in [1.82, 2.24) is 15.5 Å². The first-order chi connectivity index (χ1) is 9.97. The second kappa shape index (κ2) is 5.61. The fraction of sp³-hybridized carbons (Fsp3) is 0.692. The number of aromatic amines is 1. The number of amides is 1. The van der Waals surface area contributed by atoms with E-state index >= 15 is 0 Å². The lowest BCUT2D eigenvalue weighted by molar-refractivity contribution is 0.0919. The molecule has 6 nitrogen and oxygen atoms in total. The van der Waals surface area contributed by atoms with Crippen LogP contribution in [0.2, 0.25) is 0 Å². The minimum absolute atomic E-state index is 0.0956. The minimum atomic E-state index is -3.99. The first-order valence-electron chi connectivity index (χ1n) is 7.30. The molecule has 1 aromatic heterocycles. The van der Waals surface area contributed by atoms with Crippen LogP contribution >= 0.6 is 10.7 Å². The number of nitrogens with one attached hydrogen (secondary N) is 2. The number of hydrogen-bond donors (Lipinski definition) is 2. The molecule has 2 aliphatic carbocycles. The maximum Gasteiger partial charge on any atom is 0.273 e. The Bertz CT molecular complexity index is 646. The Morgan fingerprint density at radius 1 is 1.19 bits per heavy atom. The van der Waals surface area contributed by atoms with Gasteiger partial charge in [0.2, 0.25) is 0 Å². The molecule has 21 heavy (non-hydrogen) atoms. The van der Waals surface area contributed by atoms with Gasteiger partial charge >= 0.3 is 0 Å². The van der Waals surface area contributed by atoms with Crippen LogP contribution in [0.15, 0.2) is 4.90 Å². The molecule has 1 heterocycles. The molecule has 0 unspecified atom stereocenters. The molecular weight excluding hydrogens is 314 g/mol. The summed E-state index contributed by atoms with van der Waals surface area (Å²) < 4.78 is 23.6. The van der Waals surface area contributed by atoms with Crippen LogP contribution in [0, 0.1) is 0 Å². The Morgan fingerprint density at radius 3 is 2.43 bits per heavy atom. The molecule has 3 rings (SSSR count). The Morgan fingerprint density at radius 2 is 1.86 bits per heavy atom. The molecule has 1 amide bonds. The lowest BCUT2D eigenvalue weighted by Gasteiger charge is -2.22. The molecule has 0 bridgehead atoms. The summed E-state index contributed by atoms with van der Waals surface area (Å²) in [5.41, 5.74) is 0.372. The molecule has 2 N–H and O–H groups in total. The molecule has 8 heteroatoms. The van der Waals surface area contributed by atoms with Gasteiger partial charge in [0.05, 0.1) is 5.69 Å². The highest BCUT2D eigenvalue weighted by Gasteiger charge is 2.36. The van der Waals surface area contributed by atoms with E-state index in [1.165, 1.54) is 6.42 Å². The monoisotopic (exact) mass is 331 g/mol.